The molecule has 0 aliphatic rings. The predicted octanol–water partition coefficient (Wildman–Crippen LogP) is 6.38. The number of anilines is 2. The number of rotatable bonds is 7. The zero-order valence-corrected chi connectivity index (χ0v) is 21.1. The van der Waals surface area contributed by atoms with Gasteiger partial charge < -0.3 is 10.6 Å². The van der Waals surface area contributed by atoms with E-state index in [0.717, 1.165) is 21.9 Å². The summed E-state index contributed by atoms with van der Waals surface area (Å²) >= 11 is 7.21. The van der Waals surface area contributed by atoms with Crippen LogP contribution in [-0.2, 0) is 11.2 Å². The van der Waals surface area contributed by atoms with Crippen LogP contribution in [0.1, 0.15) is 5.56 Å². The standard InChI is InChI=1S/C28H22ClN5O2S/c29-21-15-13-20(14-16-21)26-33-34-28(37-26)32-25(35)24(17-18-7-2-1-3-8-18)31-27(36)30-23-12-6-10-19-9-4-5-11-22(19)23/h1-16,24H,17H2,(H2,30,31,36)(H,32,34,35)/t24-/m1/s1. The van der Waals surface area contributed by atoms with Crippen molar-refractivity contribution in [3.63, 3.8) is 0 Å². The average molecular weight is 528 g/mol. The van der Waals surface area contributed by atoms with Crippen LogP contribution in [0.2, 0.25) is 5.02 Å². The molecular formula is C28H22ClN5O2S. The first kappa shape index (κ1) is 24.4. The van der Waals surface area contributed by atoms with Gasteiger partial charge in [0.15, 0.2) is 0 Å². The molecule has 4 aromatic carbocycles. The van der Waals surface area contributed by atoms with Gasteiger partial charge >= 0.3 is 6.03 Å². The number of carbonyl (C=O) groups is 2. The molecule has 0 bridgehead atoms. The molecule has 1 aromatic heterocycles. The van der Waals surface area contributed by atoms with Crippen molar-refractivity contribution in [3.8, 4) is 10.6 Å². The number of amides is 3. The Kier molecular flexibility index (Phi) is 7.39. The third kappa shape index (κ3) is 6.11. The maximum absolute atomic E-state index is 13.3. The second-order valence-electron chi connectivity index (χ2n) is 8.28. The summed E-state index contributed by atoms with van der Waals surface area (Å²) in [7, 11) is 0. The van der Waals surface area contributed by atoms with E-state index in [4.69, 9.17) is 11.6 Å². The Bertz CT molecular complexity index is 1530. The minimum Gasteiger partial charge on any atom is -0.326 e. The summed E-state index contributed by atoms with van der Waals surface area (Å²) in [6.07, 6.45) is 0.304. The molecule has 0 aliphatic carbocycles. The Balaban J connectivity index is 1.32. The number of carbonyl (C=O) groups excluding carboxylic acids is 2. The van der Waals surface area contributed by atoms with Crippen molar-refractivity contribution in [1.29, 1.82) is 0 Å². The first-order valence-electron chi connectivity index (χ1n) is 11.5. The minimum absolute atomic E-state index is 0.304. The van der Waals surface area contributed by atoms with Gasteiger partial charge in [0.1, 0.15) is 11.0 Å². The van der Waals surface area contributed by atoms with Crippen molar-refractivity contribution in [2.75, 3.05) is 10.6 Å². The molecule has 3 amide bonds. The normalized spacial score (nSPS) is 11.6. The smallest absolute Gasteiger partial charge is 0.319 e. The van der Waals surface area contributed by atoms with Crippen molar-refractivity contribution < 1.29 is 9.59 Å². The Morgan fingerprint density at radius 3 is 2.35 bits per heavy atom. The van der Waals surface area contributed by atoms with Crippen LogP contribution in [0.25, 0.3) is 21.3 Å². The Morgan fingerprint density at radius 2 is 1.54 bits per heavy atom. The molecule has 5 rings (SSSR count). The number of hydrogen-bond acceptors (Lipinski definition) is 5. The van der Waals surface area contributed by atoms with Gasteiger partial charge in [0, 0.05) is 22.4 Å². The van der Waals surface area contributed by atoms with E-state index in [-0.39, 0.29) is 0 Å². The number of nitrogens with zero attached hydrogens (tertiary/aromatic N) is 2. The van der Waals surface area contributed by atoms with Crippen molar-refractivity contribution in [2.24, 2.45) is 0 Å². The van der Waals surface area contributed by atoms with E-state index in [1.54, 1.807) is 12.1 Å². The van der Waals surface area contributed by atoms with E-state index in [1.165, 1.54) is 11.3 Å². The van der Waals surface area contributed by atoms with Crippen LogP contribution in [0, 0.1) is 0 Å². The molecule has 0 saturated carbocycles. The maximum atomic E-state index is 13.3. The van der Waals surface area contributed by atoms with Crippen LogP contribution in [0.15, 0.2) is 97.1 Å². The van der Waals surface area contributed by atoms with Gasteiger partial charge in [0.2, 0.25) is 11.0 Å². The minimum atomic E-state index is -0.847. The average Bonchev–Trinajstić information content (AvgIpc) is 3.38. The quantitative estimate of drug-likeness (QED) is 0.229. The monoisotopic (exact) mass is 527 g/mol. The third-order valence-corrected chi connectivity index (χ3v) is 6.83. The van der Waals surface area contributed by atoms with E-state index < -0.39 is 18.0 Å². The highest BCUT2D eigenvalue weighted by Gasteiger charge is 2.23. The topological polar surface area (TPSA) is 96.0 Å². The highest BCUT2D eigenvalue weighted by molar-refractivity contribution is 7.18. The summed E-state index contributed by atoms with van der Waals surface area (Å²) in [4.78, 5) is 26.3. The molecule has 5 aromatic rings. The van der Waals surface area contributed by atoms with Crippen LogP contribution < -0.4 is 16.0 Å². The van der Waals surface area contributed by atoms with Gasteiger partial charge in [0.05, 0.1) is 5.69 Å². The third-order valence-electron chi connectivity index (χ3n) is 5.69. The molecule has 0 unspecified atom stereocenters. The molecule has 1 atom stereocenters. The zero-order chi connectivity index (χ0) is 25.6. The Morgan fingerprint density at radius 1 is 0.811 bits per heavy atom. The highest BCUT2D eigenvalue weighted by atomic mass is 35.5. The largest absolute Gasteiger partial charge is 0.326 e. The lowest BCUT2D eigenvalue weighted by Gasteiger charge is -2.19. The molecule has 184 valence electrons. The van der Waals surface area contributed by atoms with Gasteiger partial charge in [0.25, 0.3) is 0 Å². The van der Waals surface area contributed by atoms with Crippen molar-refractivity contribution in [3.05, 3.63) is 108 Å². The van der Waals surface area contributed by atoms with Gasteiger partial charge in [-0.05, 0) is 29.1 Å². The van der Waals surface area contributed by atoms with Crippen LogP contribution >= 0.6 is 22.9 Å². The predicted molar refractivity (Wildman–Crippen MR) is 149 cm³/mol. The first-order valence-corrected chi connectivity index (χ1v) is 12.7. The molecule has 37 heavy (non-hydrogen) atoms. The molecule has 7 nitrogen and oxygen atoms in total. The summed E-state index contributed by atoms with van der Waals surface area (Å²) in [5, 5.41) is 20.3. The fraction of sp³-hybridized carbons (Fsp3) is 0.0714. The molecular weight excluding hydrogens is 506 g/mol. The van der Waals surface area contributed by atoms with Crippen molar-refractivity contribution in [2.45, 2.75) is 12.5 Å². The molecule has 0 aliphatic heterocycles. The lowest BCUT2D eigenvalue weighted by Crippen LogP contribution is -2.46. The second-order valence-corrected chi connectivity index (χ2v) is 9.69. The van der Waals surface area contributed by atoms with Gasteiger partial charge in [-0.3, -0.25) is 10.1 Å². The first-order chi connectivity index (χ1) is 18.0. The summed E-state index contributed by atoms with van der Waals surface area (Å²) < 4.78 is 0. The van der Waals surface area contributed by atoms with E-state index in [9.17, 15) is 9.59 Å². The number of nitrogens with one attached hydrogen (secondary N) is 3. The molecule has 1 heterocycles. The fourth-order valence-electron chi connectivity index (χ4n) is 3.89. The van der Waals surface area contributed by atoms with Crippen LogP contribution in [0.4, 0.5) is 15.6 Å². The number of urea groups is 1. The molecule has 0 spiro atoms. The van der Waals surface area contributed by atoms with E-state index in [0.29, 0.717) is 27.3 Å². The summed E-state index contributed by atoms with van der Waals surface area (Å²) in [5.41, 5.74) is 2.41. The van der Waals surface area contributed by atoms with Gasteiger partial charge in [-0.1, -0.05) is 102 Å². The summed E-state index contributed by atoms with van der Waals surface area (Å²) in [5.74, 6) is -0.393. The Labute approximate surface area is 222 Å². The Hall–Kier alpha value is -4.27. The fourth-order valence-corrected chi connectivity index (χ4v) is 4.76. The number of fused-ring (bicyclic) bond motifs is 1. The molecule has 0 saturated heterocycles. The van der Waals surface area contributed by atoms with Gasteiger partial charge in [-0.25, -0.2) is 4.79 Å². The van der Waals surface area contributed by atoms with Crippen molar-refractivity contribution in [1.82, 2.24) is 15.5 Å². The maximum Gasteiger partial charge on any atom is 0.319 e. The molecule has 0 radical (unpaired) electrons. The van der Waals surface area contributed by atoms with Gasteiger partial charge in [-0.2, -0.15) is 0 Å². The SMILES string of the molecule is O=C(Nc1cccc2ccccc12)N[C@H](Cc1ccccc1)C(=O)Nc1nnc(-c2ccc(Cl)cc2)s1. The van der Waals surface area contributed by atoms with Crippen molar-refractivity contribution >= 4 is 56.5 Å². The summed E-state index contributed by atoms with van der Waals surface area (Å²) in [6.45, 7) is 0. The number of halogens is 1. The lowest BCUT2D eigenvalue weighted by molar-refractivity contribution is -0.117. The molecule has 9 heteroatoms. The number of benzene rings is 4. The van der Waals surface area contributed by atoms with Crippen LogP contribution in [0.3, 0.4) is 0 Å². The van der Waals surface area contributed by atoms with Crippen LogP contribution in [-0.4, -0.2) is 28.2 Å². The number of aromatic nitrogens is 2. The van der Waals surface area contributed by atoms with E-state index in [1.807, 2.05) is 84.9 Å². The van der Waals surface area contributed by atoms with E-state index >= 15 is 0 Å². The molecule has 3 N–H and O–H groups in total. The van der Waals surface area contributed by atoms with Gasteiger partial charge in [-0.15, -0.1) is 10.2 Å². The van der Waals surface area contributed by atoms with Crippen LogP contribution in [0.5, 0.6) is 0 Å². The van der Waals surface area contributed by atoms with E-state index in [2.05, 4.69) is 26.1 Å². The second kappa shape index (κ2) is 11.2. The number of hydrogen-bond donors (Lipinski definition) is 3. The summed E-state index contributed by atoms with van der Waals surface area (Å²) in [6, 6.07) is 28.8. The zero-order valence-electron chi connectivity index (χ0n) is 19.5. The lowest BCUT2D eigenvalue weighted by atomic mass is 10.1. The molecule has 0 fully saturated rings. The highest BCUT2D eigenvalue weighted by Crippen LogP contribution is 2.27.